The van der Waals surface area contributed by atoms with Gasteiger partial charge in [0.05, 0.1) is 0 Å². The van der Waals surface area contributed by atoms with Crippen molar-refractivity contribution in [3.63, 3.8) is 0 Å². The molecule has 0 unspecified atom stereocenters. The smallest absolute Gasteiger partial charge is 0.346 e. The van der Waals surface area contributed by atoms with E-state index in [9.17, 15) is 4.79 Å². The highest BCUT2D eigenvalue weighted by atomic mass is 32.2. The molecule has 0 bridgehead atoms. The molecule has 0 saturated carbocycles. The minimum absolute atomic E-state index is 0.411. The first-order valence-electron chi connectivity index (χ1n) is 5.37. The third-order valence-corrected chi connectivity index (χ3v) is 4.68. The van der Waals surface area contributed by atoms with E-state index >= 15 is 0 Å². The van der Waals surface area contributed by atoms with Gasteiger partial charge < -0.3 is 10.8 Å². The van der Waals surface area contributed by atoms with Gasteiger partial charge in [0, 0.05) is 16.3 Å². The Bertz CT molecular complexity index is 578. The number of carboxylic acids is 1. The van der Waals surface area contributed by atoms with Crippen LogP contribution in [0.5, 0.6) is 0 Å². The number of thioether (sulfide) groups is 1. The number of carboxylic acid groups (broad SMARTS) is 1. The zero-order chi connectivity index (χ0) is 13.1. The predicted molar refractivity (Wildman–Crippen MR) is 76.4 cm³/mol. The summed E-state index contributed by atoms with van der Waals surface area (Å²) in [6.45, 7) is 1.96. The summed E-state index contributed by atoms with van der Waals surface area (Å²) in [5, 5.41) is 10.8. The van der Waals surface area contributed by atoms with Crippen LogP contribution in [0.4, 0.5) is 5.69 Å². The van der Waals surface area contributed by atoms with Crippen molar-refractivity contribution in [2.75, 3.05) is 5.73 Å². The number of aromatic carboxylic acids is 1. The lowest BCUT2D eigenvalue weighted by atomic mass is 10.2. The average Bonchev–Trinajstić information content (AvgIpc) is 2.79. The number of thiophene rings is 1. The van der Waals surface area contributed by atoms with E-state index in [1.165, 1.54) is 11.3 Å². The largest absolute Gasteiger partial charge is 0.477 e. The Balaban J connectivity index is 2.14. The van der Waals surface area contributed by atoms with Crippen LogP contribution in [0.1, 0.15) is 20.8 Å². The van der Waals surface area contributed by atoms with Crippen LogP contribution in [0.25, 0.3) is 0 Å². The summed E-state index contributed by atoms with van der Waals surface area (Å²) in [7, 11) is 0. The fourth-order valence-electron chi connectivity index (χ4n) is 1.57. The fraction of sp³-hybridized carbons (Fsp3) is 0.154. The Labute approximate surface area is 114 Å². The highest BCUT2D eigenvalue weighted by Gasteiger charge is 2.12. The van der Waals surface area contributed by atoms with E-state index in [1.54, 1.807) is 17.1 Å². The molecule has 1 aromatic heterocycles. The topological polar surface area (TPSA) is 63.3 Å². The Kier molecular flexibility index (Phi) is 3.93. The van der Waals surface area contributed by atoms with Crippen LogP contribution in [-0.4, -0.2) is 11.1 Å². The first-order chi connectivity index (χ1) is 8.59. The average molecular weight is 279 g/mol. The number of rotatable bonds is 4. The van der Waals surface area contributed by atoms with Crippen molar-refractivity contribution in [3.05, 3.63) is 45.6 Å². The normalized spacial score (nSPS) is 10.5. The van der Waals surface area contributed by atoms with Crippen LogP contribution in [-0.2, 0) is 5.75 Å². The molecule has 0 radical (unpaired) electrons. The second-order valence-corrected chi connectivity index (χ2v) is 5.79. The van der Waals surface area contributed by atoms with Crippen molar-refractivity contribution in [1.29, 1.82) is 0 Å². The molecule has 18 heavy (non-hydrogen) atoms. The molecule has 2 rings (SSSR count). The molecule has 0 aliphatic rings. The van der Waals surface area contributed by atoms with Crippen LogP contribution in [0.3, 0.4) is 0 Å². The lowest BCUT2D eigenvalue weighted by Crippen LogP contribution is -1.97. The zero-order valence-electron chi connectivity index (χ0n) is 9.84. The molecule has 0 amide bonds. The van der Waals surface area contributed by atoms with Crippen LogP contribution in [0, 0.1) is 6.92 Å². The lowest BCUT2D eigenvalue weighted by Gasteiger charge is -2.07. The van der Waals surface area contributed by atoms with Gasteiger partial charge in [0.15, 0.2) is 0 Å². The van der Waals surface area contributed by atoms with Gasteiger partial charge in [-0.15, -0.1) is 23.1 Å². The first-order valence-corrected chi connectivity index (χ1v) is 7.23. The number of hydrogen-bond donors (Lipinski definition) is 2. The van der Waals surface area contributed by atoms with E-state index in [0.717, 1.165) is 21.7 Å². The third kappa shape index (κ3) is 2.68. The number of anilines is 1. The monoisotopic (exact) mass is 279 g/mol. The Morgan fingerprint density at radius 3 is 2.94 bits per heavy atom. The van der Waals surface area contributed by atoms with Crippen molar-refractivity contribution < 1.29 is 9.90 Å². The van der Waals surface area contributed by atoms with Gasteiger partial charge in [-0.3, -0.25) is 0 Å². The maximum atomic E-state index is 11.0. The van der Waals surface area contributed by atoms with Crippen molar-refractivity contribution in [3.8, 4) is 0 Å². The molecule has 0 spiro atoms. The van der Waals surface area contributed by atoms with Gasteiger partial charge >= 0.3 is 5.97 Å². The summed E-state index contributed by atoms with van der Waals surface area (Å²) >= 11 is 2.82. The zero-order valence-corrected chi connectivity index (χ0v) is 11.5. The first kappa shape index (κ1) is 13.0. The molecule has 1 heterocycles. The van der Waals surface area contributed by atoms with E-state index in [4.69, 9.17) is 10.8 Å². The van der Waals surface area contributed by atoms with Crippen molar-refractivity contribution in [2.24, 2.45) is 0 Å². The molecule has 0 aliphatic heterocycles. The Morgan fingerprint density at radius 2 is 2.22 bits per heavy atom. The number of benzene rings is 1. The number of hydrogen-bond acceptors (Lipinski definition) is 4. The standard InChI is InChI=1S/C13H13NO2S2/c1-8-3-2-4-10(11(8)14)18-7-9-5-6-17-12(9)13(15)16/h2-6H,7,14H2,1H3,(H,15,16). The minimum Gasteiger partial charge on any atom is -0.477 e. The van der Waals surface area contributed by atoms with E-state index in [-0.39, 0.29) is 0 Å². The summed E-state index contributed by atoms with van der Waals surface area (Å²) in [5.74, 6) is -0.239. The summed E-state index contributed by atoms with van der Waals surface area (Å²) in [5.41, 5.74) is 8.65. The lowest BCUT2D eigenvalue weighted by molar-refractivity contribution is 0.0701. The second kappa shape index (κ2) is 5.46. The predicted octanol–water partition coefficient (Wildman–Crippen LogP) is 3.63. The Morgan fingerprint density at radius 1 is 1.44 bits per heavy atom. The maximum absolute atomic E-state index is 11.0. The van der Waals surface area contributed by atoms with Gasteiger partial charge in [0.2, 0.25) is 0 Å². The van der Waals surface area contributed by atoms with Gasteiger partial charge in [-0.25, -0.2) is 4.79 Å². The van der Waals surface area contributed by atoms with Gasteiger partial charge in [-0.05, 0) is 35.6 Å². The second-order valence-electron chi connectivity index (χ2n) is 3.86. The molecular formula is C13H13NO2S2. The highest BCUT2D eigenvalue weighted by Crippen LogP contribution is 2.32. The van der Waals surface area contributed by atoms with E-state index in [1.807, 2.05) is 31.2 Å². The van der Waals surface area contributed by atoms with Gasteiger partial charge in [-0.1, -0.05) is 12.1 Å². The molecule has 0 saturated heterocycles. The molecule has 2 aromatic rings. The maximum Gasteiger partial charge on any atom is 0.346 e. The van der Waals surface area contributed by atoms with E-state index < -0.39 is 5.97 Å². The van der Waals surface area contributed by atoms with Crippen molar-refractivity contribution >= 4 is 34.8 Å². The van der Waals surface area contributed by atoms with Crippen LogP contribution in [0.2, 0.25) is 0 Å². The minimum atomic E-state index is -0.863. The van der Waals surface area contributed by atoms with Gasteiger partial charge in [-0.2, -0.15) is 0 Å². The number of nitrogen functional groups attached to an aromatic ring is 1. The van der Waals surface area contributed by atoms with Gasteiger partial charge in [0.1, 0.15) is 4.88 Å². The number of carbonyl (C=O) groups is 1. The molecule has 5 heteroatoms. The molecule has 94 valence electrons. The van der Waals surface area contributed by atoms with Gasteiger partial charge in [0.25, 0.3) is 0 Å². The van der Waals surface area contributed by atoms with Crippen molar-refractivity contribution in [1.82, 2.24) is 0 Å². The number of para-hydroxylation sites is 1. The Hall–Kier alpha value is -1.46. The quantitative estimate of drug-likeness (QED) is 0.662. The van der Waals surface area contributed by atoms with E-state index in [0.29, 0.717) is 10.6 Å². The van der Waals surface area contributed by atoms with Crippen LogP contribution in [0.15, 0.2) is 34.5 Å². The third-order valence-electron chi connectivity index (χ3n) is 2.61. The molecule has 0 aliphatic carbocycles. The number of aryl methyl sites for hydroxylation is 1. The molecule has 0 atom stereocenters. The molecule has 1 aromatic carbocycles. The molecule has 0 fully saturated rings. The molecular weight excluding hydrogens is 266 g/mol. The summed E-state index contributed by atoms with van der Waals surface area (Å²) in [6.07, 6.45) is 0. The van der Waals surface area contributed by atoms with Crippen LogP contribution >= 0.6 is 23.1 Å². The van der Waals surface area contributed by atoms with Crippen molar-refractivity contribution in [2.45, 2.75) is 17.6 Å². The molecule has 3 N–H and O–H groups in total. The van der Waals surface area contributed by atoms with E-state index in [2.05, 4.69) is 0 Å². The van der Waals surface area contributed by atoms with Crippen LogP contribution < -0.4 is 5.73 Å². The fourth-order valence-corrected chi connectivity index (χ4v) is 3.47. The number of nitrogens with two attached hydrogens (primary N) is 1. The molecule has 3 nitrogen and oxygen atoms in total. The summed E-state index contributed by atoms with van der Waals surface area (Å²) in [6, 6.07) is 7.74. The summed E-state index contributed by atoms with van der Waals surface area (Å²) in [4.78, 5) is 12.4. The highest BCUT2D eigenvalue weighted by molar-refractivity contribution is 7.98. The SMILES string of the molecule is Cc1cccc(SCc2ccsc2C(=O)O)c1N. The summed E-state index contributed by atoms with van der Waals surface area (Å²) < 4.78 is 0.